The van der Waals surface area contributed by atoms with Crippen LogP contribution in [-0.2, 0) is 9.53 Å². The first kappa shape index (κ1) is 26.7. The zero-order valence-corrected chi connectivity index (χ0v) is 22.4. The average molecular weight is 536 g/mol. The Kier molecular flexibility index (Phi) is 8.41. The number of nitrogens with one attached hydrogen (secondary N) is 2. The van der Waals surface area contributed by atoms with E-state index < -0.39 is 0 Å². The van der Waals surface area contributed by atoms with E-state index in [4.69, 9.17) is 14.2 Å². The van der Waals surface area contributed by atoms with Crippen molar-refractivity contribution in [1.29, 1.82) is 0 Å². The Morgan fingerprint density at radius 2 is 1.87 bits per heavy atom. The summed E-state index contributed by atoms with van der Waals surface area (Å²) >= 11 is 0. The molecule has 0 unspecified atom stereocenters. The minimum absolute atomic E-state index is 0.109. The predicted molar refractivity (Wildman–Crippen MR) is 148 cm³/mol. The number of carbonyl (C=O) groups excluding carboxylic acids is 1. The van der Waals surface area contributed by atoms with E-state index in [0.717, 1.165) is 37.3 Å². The Labute approximate surface area is 226 Å². The zero-order chi connectivity index (χ0) is 27.2. The van der Waals surface area contributed by atoms with E-state index >= 15 is 4.39 Å². The van der Waals surface area contributed by atoms with Gasteiger partial charge in [-0.05, 0) is 70.5 Å². The van der Waals surface area contributed by atoms with E-state index in [1.807, 2.05) is 13.0 Å². The van der Waals surface area contributed by atoms with Crippen molar-refractivity contribution in [3.8, 4) is 11.5 Å². The van der Waals surface area contributed by atoms with E-state index in [1.165, 1.54) is 19.2 Å². The number of ether oxygens (including phenoxy) is 3. The van der Waals surface area contributed by atoms with Gasteiger partial charge in [0, 0.05) is 34.6 Å². The number of esters is 1. The quantitative estimate of drug-likeness (QED) is 0.181. The van der Waals surface area contributed by atoms with Crippen LogP contribution in [0.15, 0.2) is 36.7 Å². The van der Waals surface area contributed by atoms with Gasteiger partial charge in [0.25, 0.3) is 0 Å². The normalized spacial score (nSPS) is 13.7. The van der Waals surface area contributed by atoms with Crippen molar-refractivity contribution in [2.75, 3.05) is 44.8 Å². The summed E-state index contributed by atoms with van der Waals surface area (Å²) in [7, 11) is 0. The second-order valence-corrected chi connectivity index (χ2v) is 9.66. The first-order chi connectivity index (χ1) is 19.0. The van der Waals surface area contributed by atoms with E-state index in [1.54, 1.807) is 31.2 Å². The Balaban J connectivity index is 1.39. The average Bonchev–Trinajstić information content (AvgIpc) is 3.58. The third kappa shape index (κ3) is 6.39. The summed E-state index contributed by atoms with van der Waals surface area (Å²) in [6.45, 7) is 7.89. The molecule has 39 heavy (non-hydrogen) atoms. The maximum atomic E-state index is 15.3. The van der Waals surface area contributed by atoms with Crippen molar-refractivity contribution in [3.05, 3.63) is 48.2 Å². The lowest BCUT2D eigenvalue weighted by Gasteiger charge is -2.17. The van der Waals surface area contributed by atoms with Gasteiger partial charge in [-0.2, -0.15) is 0 Å². The van der Waals surface area contributed by atoms with Crippen LogP contribution in [0, 0.1) is 12.7 Å². The van der Waals surface area contributed by atoms with Crippen LogP contribution in [-0.4, -0.2) is 65.3 Å². The van der Waals surface area contributed by atoms with Crippen molar-refractivity contribution in [1.82, 2.24) is 19.9 Å². The van der Waals surface area contributed by atoms with Gasteiger partial charge in [-0.1, -0.05) is 0 Å². The Morgan fingerprint density at radius 3 is 2.69 bits per heavy atom. The fourth-order valence-corrected chi connectivity index (χ4v) is 4.88. The lowest BCUT2D eigenvalue weighted by atomic mass is 10.2. The summed E-state index contributed by atoms with van der Waals surface area (Å²) < 4.78 is 32.4. The van der Waals surface area contributed by atoms with Crippen LogP contribution in [0.5, 0.6) is 11.5 Å². The highest BCUT2D eigenvalue weighted by atomic mass is 19.1. The lowest BCUT2D eigenvalue weighted by molar-refractivity contribution is -0.143. The summed E-state index contributed by atoms with van der Waals surface area (Å²) in [5.41, 5.74) is 2.53. The number of aromatic nitrogens is 3. The molecular formula is C29H34FN5O4. The molecule has 0 atom stereocenters. The molecule has 206 valence electrons. The van der Waals surface area contributed by atoms with Crippen LogP contribution in [0.25, 0.3) is 21.8 Å². The number of H-pyrrole nitrogens is 1. The van der Waals surface area contributed by atoms with Gasteiger partial charge in [-0.25, -0.2) is 14.4 Å². The first-order valence-corrected chi connectivity index (χ1v) is 13.5. The van der Waals surface area contributed by atoms with E-state index in [-0.39, 0.29) is 24.8 Å². The standard InChI is InChI=1S/C29H34FN5O4/c1-3-37-27(36)9-14-39-25-16-21-24(17-26(25)38-13-6-12-35-10-4-5-11-35)31-18-32-29(21)34-23-8-7-22-20(28(23)30)15-19(2)33-22/h7-8,15-18,33H,3-6,9-14H2,1-2H3,(H,31,32,34). The van der Waals surface area contributed by atoms with E-state index in [0.29, 0.717) is 52.5 Å². The summed E-state index contributed by atoms with van der Waals surface area (Å²) in [4.78, 5) is 26.2. The SMILES string of the molecule is CCOC(=O)CCOc1cc2c(Nc3ccc4[nH]c(C)cc4c3F)ncnc2cc1OCCCN1CCCC1. The van der Waals surface area contributed by atoms with Gasteiger partial charge in [0.1, 0.15) is 12.1 Å². The molecule has 0 radical (unpaired) electrons. The van der Waals surface area contributed by atoms with Crippen molar-refractivity contribution >= 4 is 39.3 Å². The molecular weight excluding hydrogens is 501 g/mol. The highest BCUT2D eigenvalue weighted by Crippen LogP contribution is 2.36. The van der Waals surface area contributed by atoms with Gasteiger partial charge < -0.3 is 29.4 Å². The molecule has 4 aromatic rings. The molecule has 2 aromatic carbocycles. The third-order valence-corrected chi connectivity index (χ3v) is 6.77. The van der Waals surface area contributed by atoms with Gasteiger partial charge in [0.15, 0.2) is 17.3 Å². The van der Waals surface area contributed by atoms with Gasteiger partial charge in [-0.3, -0.25) is 4.79 Å². The Morgan fingerprint density at radius 1 is 1.08 bits per heavy atom. The van der Waals surface area contributed by atoms with Crippen molar-refractivity contribution in [2.45, 2.75) is 39.5 Å². The third-order valence-electron chi connectivity index (χ3n) is 6.77. The number of rotatable bonds is 12. The van der Waals surface area contributed by atoms with Crippen LogP contribution in [0.4, 0.5) is 15.9 Å². The number of halogens is 1. The molecule has 10 heteroatoms. The molecule has 1 saturated heterocycles. The first-order valence-electron chi connectivity index (χ1n) is 13.5. The largest absolute Gasteiger partial charge is 0.490 e. The van der Waals surface area contributed by atoms with Crippen LogP contribution in [0.3, 0.4) is 0 Å². The number of hydrogen-bond acceptors (Lipinski definition) is 8. The smallest absolute Gasteiger partial charge is 0.309 e. The molecule has 0 saturated carbocycles. The molecule has 0 bridgehead atoms. The topological polar surface area (TPSA) is 102 Å². The number of benzene rings is 2. The number of anilines is 2. The highest BCUT2D eigenvalue weighted by Gasteiger charge is 2.16. The van der Waals surface area contributed by atoms with Gasteiger partial charge >= 0.3 is 5.97 Å². The predicted octanol–water partition coefficient (Wildman–Crippen LogP) is 5.50. The van der Waals surface area contributed by atoms with Gasteiger partial charge in [0.05, 0.1) is 37.4 Å². The van der Waals surface area contributed by atoms with Crippen molar-refractivity contribution in [3.63, 3.8) is 0 Å². The number of aryl methyl sites for hydroxylation is 1. The van der Waals surface area contributed by atoms with Crippen LogP contribution in [0.2, 0.25) is 0 Å². The molecule has 5 rings (SSSR count). The Bertz CT molecular complexity index is 1450. The number of hydrogen-bond donors (Lipinski definition) is 2. The summed E-state index contributed by atoms with van der Waals surface area (Å²) in [5, 5.41) is 4.26. The van der Waals surface area contributed by atoms with E-state index in [2.05, 4.69) is 25.2 Å². The minimum Gasteiger partial charge on any atom is -0.490 e. The number of aromatic amines is 1. The maximum Gasteiger partial charge on any atom is 0.309 e. The molecule has 2 N–H and O–H groups in total. The van der Waals surface area contributed by atoms with Crippen LogP contribution >= 0.6 is 0 Å². The second-order valence-electron chi connectivity index (χ2n) is 9.66. The fourth-order valence-electron chi connectivity index (χ4n) is 4.88. The molecule has 1 aliphatic heterocycles. The minimum atomic E-state index is -0.368. The zero-order valence-electron chi connectivity index (χ0n) is 22.4. The molecule has 2 aromatic heterocycles. The number of carbonyl (C=O) groups is 1. The molecule has 1 aliphatic rings. The molecule has 0 amide bonds. The van der Waals surface area contributed by atoms with Crippen LogP contribution < -0.4 is 14.8 Å². The molecule has 1 fully saturated rings. The van der Waals surface area contributed by atoms with Gasteiger partial charge in [0.2, 0.25) is 0 Å². The maximum absolute atomic E-state index is 15.3. The lowest BCUT2D eigenvalue weighted by Crippen LogP contribution is -2.22. The van der Waals surface area contributed by atoms with Crippen molar-refractivity contribution in [2.24, 2.45) is 0 Å². The van der Waals surface area contributed by atoms with Gasteiger partial charge in [-0.15, -0.1) is 0 Å². The van der Waals surface area contributed by atoms with Crippen LogP contribution in [0.1, 0.15) is 38.3 Å². The number of likely N-dealkylation sites (tertiary alicyclic amines) is 1. The summed E-state index contributed by atoms with van der Waals surface area (Å²) in [6, 6.07) is 8.85. The summed E-state index contributed by atoms with van der Waals surface area (Å²) in [5.74, 6) is 0.729. The highest BCUT2D eigenvalue weighted by molar-refractivity contribution is 5.94. The number of nitrogens with zero attached hydrogens (tertiary/aromatic N) is 3. The van der Waals surface area contributed by atoms with Crippen molar-refractivity contribution < 1.29 is 23.4 Å². The van der Waals surface area contributed by atoms with E-state index in [9.17, 15) is 4.79 Å². The monoisotopic (exact) mass is 535 g/mol. The molecule has 9 nitrogen and oxygen atoms in total. The fraction of sp³-hybridized carbons (Fsp3) is 0.414. The Hall–Kier alpha value is -3.92. The molecule has 0 spiro atoms. The molecule has 3 heterocycles. The summed E-state index contributed by atoms with van der Waals surface area (Å²) in [6.07, 6.45) is 4.93. The second kappa shape index (κ2) is 12.3. The molecule has 0 aliphatic carbocycles. The number of fused-ring (bicyclic) bond motifs is 2.